The number of nitrogens with two attached hydrogens (primary N) is 1. The van der Waals surface area contributed by atoms with Crippen molar-refractivity contribution in [3.8, 4) is 0 Å². The number of benzene rings is 1. The molecule has 1 heterocycles. The van der Waals surface area contributed by atoms with Crippen molar-refractivity contribution in [1.82, 2.24) is 4.98 Å². The smallest absolute Gasteiger partial charge is 0.234 e. The van der Waals surface area contributed by atoms with E-state index in [-0.39, 0.29) is 17.5 Å². The molecule has 0 unspecified atom stereocenters. The summed E-state index contributed by atoms with van der Waals surface area (Å²) in [5.41, 5.74) is 7.10. The molecule has 2 rings (SSSR count). The number of amides is 1. The fourth-order valence-corrected chi connectivity index (χ4v) is 2.13. The number of pyridine rings is 1. The molecule has 6 heteroatoms. The number of nitrogens with one attached hydrogen (secondary N) is 1. The van der Waals surface area contributed by atoms with Gasteiger partial charge in [-0.25, -0.2) is 9.37 Å². The highest BCUT2D eigenvalue weighted by molar-refractivity contribution is 7.99. The molecule has 3 N–H and O–H groups in total. The summed E-state index contributed by atoms with van der Waals surface area (Å²) < 4.78 is 13.3. The number of aryl methyl sites for hydroxylation is 1. The van der Waals surface area contributed by atoms with Gasteiger partial charge in [0, 0.05) is 5.69 Å². The van der Waals surface area contributed by atoms with Gasteiger partial charge in [0.05, 0.1) is 22.7 Å². The zero-order valence-electron chi connectivity index (χ0n) is 10.9. The lowest BCUT2D eigenvalue weighted by Crippen LogP contribution is -2.14. The molecule has 104 valence electrons. The maximum absolute atomic E-state index is 13.3. The fourth-order valence-electron chi connectivity index (χ4n) is 1.48. The average Bonchev–Trinajstić information content (AvgIpc) is 2.42. The molecule has 1 aromatic carbocycles. The van der Waals surface area contributed by atoms with Crippen LogP contribution in [0.4, 0.5) is 15.8 Å². The molecule has 0 saturated carbocycles. The number of rotatable bonds is 4. The maximum atomic E-state index is 13.3. The van der Waals surface area contributed by atoms with Gasteiger partial charge >= 0.3 is 0 Å². The number of hydrogen-bond acceptors (Lipinski definition) is 4. The molecular weight excluding hydrogens is 277 g/mol. The van der Waals surface area contributed by atoms with Crippen LogP contribution in [0, 0.1) is 12.7 Å². The summed E-state index contributed by atoms with van der Waals surface area (Å²) in [4.78, 5) is 15.8. The second-order valence-electron chi connectivity index (χ2n) is 4.23. The number of thioether (sulfide) groups is 1. The molecule has 0 aliphatic carbocycles. The second-order valence-corrected chi connectivity index (χ2v) is 5.23. The van der Waals surface area contributed by atoms with Gasteiger partial charge in [0.15, 0.2) is 0 Å². The van der Waals surface area contributed by atoms with E-state index >= 15 is 0 Å². The van der Waals surface area contributed by atoms with Crippen LogP contribution in [-0.2, 0) is 4.79 Å². The SMILES string of the molecule is Cc1ccc(NC(=O)CSc2ccc(N)cn2)cc1F. The summed E-state index contributed by atoms with van der Waals surface area (Å²) >= 11 is 1.29. The molecule has 0 aliphatic heterocycles. The van der Waals surface area contributed by atoms with Crippen LogP contribution in [-0.4, -0.2) is 16.6 Å². The lowest BCUT2D eigenvalue weighted by molar-refractivity contribution is -0.113. The molecule has 1 amide bonds. The molecule has 0 atom stereocenters. The lowest BCUT2D eigenvalue weighted by atomic mass is 10.2. The van der Waals surface area contributed by atoms with Crippen LogP contribution < -0.4 is 11.1 Å². The zero-order valence-corrected chi connectivity index (χ0v) is 11.7. The number of carbonyl (C=O) groups is 1. The van der Waals surface area contributed by atoms with Crippen molar-refractivity contribution in [2.75, 3.05) is 16.8 Å². The molecule has 0 aliphatic rings. The van der Waals surface area contributed by atoms with Crippen LogP contribution in [0.5, 0.6) is 0 Å². The molecule has 0 fully saturated rings. The van der Waals surface area contributed by atoms with Crippen molar-refractivity contribution >= 4 is 29.0 Å². The molecule has 2 aromatic rings. The van der Waals surface area contributed by atoms with Gasteiger partial charge in [-0.15, -0.1) is 0 Å². The normalized spacial score (nSPS) is 10.3. The molecular formula is C14H14FN3OS. The third kappa shape index (κ3) is 3.96. The standard InChI is InChI=1S/C14H14FN3OS/c1-9-2-4-11(6-12(9)15)18-13(19)8-20-14-5-3-10(16)7-17-14/h2-7H,8,16H2,1H3,(H,18,19). The molecule has 4 nitrogen and oxygen atoms in total. The topological polar surface area (TPSA) is 68.0 Å². The fraction of sp³-hybridized carbons (Fsp3) is 0.143. The van der Waals surface area contributed by atoms with Crippen LogP contribution in [0.1, 0.15) is 5.56 Å². The molecule has 20 heavy (non-hydrogen) atoms. The Bertz CT molecular complexity index is 616. The van der Waals surface area contributed by atoms with Crippen molar-refractivity contribution in [1.29, 1.82) is 0 Å². The third-order valence-corrected chi connectivity index (χ3v) is 3.51. The van der Waals surface area contributed by atoms with Crippen LogP contribution in [0.2, 0.25) is 0 Å². The summed E-state index contributed by atoms with van der Waals surface area (Å²) in [6.45, 7) is 1.67. The predicted octanol–water partition coefficient (Wildman–Crippen LogP) is 2.84. The maximum Gasteiger partial charge on any atom is 0.234 e. The summed E-state index contributed by atoms with van der Waals surface area (Å²) in [7, 11) is 0. The molecule has 0 radical (unpaired) electrons. The van der Waals surface area contributed by atoms with Gasteiger partial charge in [-0.3, -0.25) is 4.79 Å². The van der Waals surface area contributed by atoms with E-state index in [1.807, 2.05) is 0 Å². The third-order valence-electron chi connectivity index (χ3n) is 2.57. The van der Waals surface area contributed by atoms with Crippen molar-refractivity contribution in [2.24, 2.45) is 0 Å². The van der Waals surface area contributed by atoms with E-state index in [9.17, 15) is 9.18 Å². The first-order chi connectivity index (χ1) is 9.54. The number of hydrogen-bond donors (Lipinski definition) is 2. The summed E-state index contributed by atoms with van der Waals surface area (Å²) in [6, 6.07) is 8.07. The Hall–Kier alpha value is -2.08. The van der Waals surface area contributed by atoms with Crippen molar-refractivity contribution in [3.63, 3.8) is 0 Å². The molecule has 1 aromatic heterocycles. The predicted molar refractivity (Wildman–Crippen MR) is 79.1 cm³/mol. The Morgan fingerprint density at radius 3 is 2.85 bits per heavy atom. The van der Waals surface area contributed by atoms with Gasteiger partial charge in [-0.05, 0) is 36.8 Å². The summed E-state index contributed by atoms with van der Waals surface area (Å²) in [5, 5.41) is 3.35. The van der Waals surface area contributed by atoms with Gasteiger partial charge in [-0.1, -0.05) is 17.8 Å². The van der Waals surface area contributed by atoms with E-state index < -0.39 is 0 Å². The largest absolute Gasteiger partial charge is 0.397 e. The first-order valence-corrected chi connectivity index (χ1v) is 6.93. The van der Waals surface area contributed by atoms with Crippen molar-refractivity contribution < 1.29 is 9.18 Å². The first-order valence-electron chi connectivity index (χ1n) is 5.95. The van der Waals surface area contributed by atoms with Crippen molar-refractivity contribution in [3.05, 3.63) is 47.9 Å². The lowest BCUT2D eigenvalue weighted by Gasteiger charge is -2.06. The number of nitrogen functional groups attached to an aromatic ring is 1. The summed E-state index contributed by atoms with van der Waals surface area (Å²) in [5.74, 6) is -0.348. The minimum atomic E-state index is -0.337. The highest BCUT2D eigenvalue weighted by atomic mass is 32.2. The number of anilines is 2. The number of halogens is 1. The zero-order chi connectivity index (χ0) is 14.5. The summed E-state index contributed by atoms with van der Waals surface area (Å²) in [6.07, 6.45) is 1.54. The van der Waals surface area contributed by atoms with E-state index in [2.05, 4.69) is 10.3 Å². The minimum absolute atomic E-state index is 0.201. The van der Waals surface area contributed by atoms with E-state index in [1.165, 1.54) is 24.0 Å². The van der Waals surface area contributed by atoms with Crippen LogP contribution >= 0.6 is 11.8 Å². The molecule has 0 saturated heterocycles. The Kier molecular flexibility index (Phi) is 4.57. The van der Waals surface area contributed by atoms with Crippen LogP contribution in [0.25, 0.3) is 0 Å². The van der Waals surface area contributed by atoms with E-state index in [1.54, 1.807) is 31.2 Å². The Morgan fingerprint density at radius 1 is 1.40 bits per heavy atom. The molecule has 0 spiro atoms. The van der Waals surface area contributed by atoms with Crippen molar-refractivity contribution in [2.45, 2.75) is 11.9 Å². The number of carbonyl (C=O) groups excluding carboxylic acids is 1. The first kappa shape index (κ1) is 14.3. The minimum Gasteiger partial charge on any atom is -0.397 e. The van der Waals surface area contributed by atoms with Gasteiger partial charge in [0.25, 0.3) is 0 Å². The van der Waals surface area contributed by atoms with Gasteiger partial charge < -0.3 is 11.1 Å². The Labute approximate surface area is 120 Å². The Morgan fingerprint density at radius 2 is 2.20 bits per heavy atom. The second kappa shape index (κ2) is 6.38. The van der Waals surface area contributed by atoms with Gasteiger partial charge in [0.2, 0.25) is 5.91 Å². The van der Waals surface area contributed by atoms with E-state index in [0.717, 1.165) is 0 Å². The van der Waals surface area contributed by atoms with Crippen LogP contribution in [0.3, 0.4) is 0 Å². The molecule has 0 bridgehead atoms. The monoisotopic (exact) mass is 291 g/mol. The highest BCUT2D eigenvalue weighted by Gasteiger charge is 2.06. The number of aromatic nitrogens is 1. The van der Waals surface area contributed by atoms with Gasteiger partial charge in [0.1, 0.15) is 5.82 Å². The van der Waals surface area contributed by atoms with E-state index in [4.69, 9.17) is 5.73 Å². The quantitative estimate of drug-likeness (QED) is 0.850. The van der Waals surface area contributed by atoms with Gasteiger partial charge in [-0.2, -0.15) is 0 Å². The highest BCUT2D eigenvalue weighted by Crippen LogP contribution is 2.17. The van der Waals surface area contributed by atoms with E-state index in [0.29, 0.717) is 22.0 Å². The Balaban J connectivity index is 1.89. The average molecular weight is 291 g/mol. The number of nitrogens with zero attached hydrogens (tertiary/aromatic N) is 1. The van der Waals surface area contributed by atoms with Crippen LogP contribution in [0.15, 0.2) is 41.6 Å².